The van der Waals surface area contributed by atoms with Gasteiger partial charge in [0, 0.05) is 10.9 Å². The molecule has 1 aliphatic rings. The van der Waals surface area contributed by atoms with Gasteiger partial charge in [-0.25, -0.2) is 18.4 Å². The fraction of sp³-hybridized carbons (Fsp3) is 0.263. The molecule has 0 aliphatic heterocycles. The maximum absolute atomic E-state index is 13.6. The van der Waals surface area contributed by atoms with Gasteiger partial charge in [0.1, 0.15) is 17.2 Å². The summed E-state index contributed by atoms with van der Waals surface area (Å²) in [7, 11) is 0. The predicted molar refractivity (Wildman–Crippen MR) is 102 cm³/mol. The van der Waals surface area contributed by atoms with Crippen LogP contribution in [0.25, 0.3) is 11.0 Å². The van der Waals surface area contributed by atoms with Gasteiger partial charge in [-0.2, -0.15) is 0 Å². The molecule has 2 aromatic heterocycles. The van der Waals surface area contributed by atoms with Crippen LogP contribution < -0.4 is 10.6 Å². The molecule has 0 spiro atoms. The Bertz CT molecular complexity index is 1060. The third-order valence-electron chi connectivity index (χ3n) is 4.77. The van der Waals surface area contributed by atoms with Crippen LogP contribution in [-0.2, 0) is 11.1 Å². The molecule has 1 fully saturated rings. The van der Waals surface area contributed by atoms with E-state index in [-0.39, 0.29) is 22.8 Å². The molecule has 3 aromatic rings. The smallest absolute Gasteiger partial charge is 0.319 e. The number of urea groups is 1. The molecule has 146 valence electrons. The topological polar surface area (TPSA) is 104 Å². The molecule has 1 unspecified atom stereocenters. The van der Waals surface area contributed by atoms with Crippen LogP contribution in [0.15, 0.2) is 46.0 Å². The zero-order chi connectivity index (χ0) is 19.8. The number of pyridine rings is 1. The molecule has 2 heterocycles. The zero-order valence-corrected chi connectivity index (χ0v) is 15.8. The Morgan fingerprint density at radius 2 is 2.14 bits per heavy atom. The Labute approximate surface area is 162 Å². The number of furan rings is 1. The standard InChI is InChI=1S/C19H18FN3O4S/c1-10-14-8-12(20)4-6-15(14)27-18(10)17(11-2-3-11)23-19(24)22-13-5-7-16(21-9-13)28(25)26/h4-9,11,17H,2-3H2,1H3,(H,25,26)(H2,22,23,24)/t17-/m0/s1. The summed E-state index contributed by atoms with van der Waals surface area (Å²) >= 11 is -2.17. The highest BCUT2D eigenvalue weighted by Crippen LogP contribution is 2.44. The monoisotopic (exact) mass is 403 g/mol. The van der Waals surface area contributed by atoms with Gasteiger partial charge in [0.15, 0.2) is 5.03 Å². The fourth-order valence-electron chi connectivity index (χ4n) is 3.20. The molecule has 9 heteroatoms. The third-order valence-corrected chi connectivity index (χ3v) is 5.37. The molecule has 7 nitrogen and oxygen atoms in total. The number of hydrogen-bond acceptors (Lipinski definition) is 4. The fourth-order valence-corrected chi connectivity index (χ4v) is 3.53. The summed E-state index contributed by atoms with van der Waals surface area (Å²) in [6, 6.07) is 6.45. The predicted octanol–water partition coefficient (Wildman–Crippen LogP) is 4.13. The van der Waals surface area contributed by atoms with Crippen molar-refractivity contribution in [2.75, 3.05) is 5.32 Å². The van der Waals surface area contributed by atoms with Crippen LogP contribution in [0.3, 0.4) is 0 Å². The molecule has 2 atom stereocenters. The van der Waals surface area contributed by atoms with Gasteiger partial charge < -0.3 is 19.6 Å². The van der Waals surface area contributed by atoms with Crippen LogP contribution in [0.5, 0.6) is 0 Å². The summed E-state index contributed by atoms with van der Waals surface area (Å²) in [5, 5.41) is 6.28. The van der Waals surface area contributed by atoms with Gasteiger partial charge in [-0.3, -0.25) is 0 Å². The van der Waals surface area contributed by atoms with Crippen molar-refractivity contribution in [2.24, 2.45) is 5.92 Å². The Hall–Kier alpha value is -2.78. The van der Waals surface area contributed by atoms with Crippen molar-refractivity contribution in [1.82, 2.24) is 10.3 Å². The van der Waals surface area contributed by atoms with Crippen molar-refractivity contribution in [3.8, 4) is 0 Å². The summed E-state index contributed by atoms with van der Waals surface area (Å²) in [5.41, 5.74) is 1.78. The van der Waals surface area contributed by atoms with E-state index >= 15 is 0 Å². The molecule has 1 saturated carbocycles. The molecule has 1 aromatic carbocycles. The Balaban J connectivity index is 1.53. The lowest BCUT2D eigenvalue weighted by Crippen LogP contribution is -2.33. The second-order valence-electron chi connectivity index (χ2n) is 6.78. The van der Waals surface area contributed by atoms with E-state index in [0.29, 0.717) is 22.4 Å². The molecule has 28 heavy (non-hydrogen) atoms. The zero-order valence-electron chi connectivity index (χ0n) is 14.9. The minimum Gasteiger partial charge on any atom is -0.459 e. The molecule has 0 bridgehead atoms. The van der Waals surface area contributed by atoms with E-state index in [0.717, 1.165) is 18.4 Å². The summed E-state index contributed by atoms with van der Waals surface area (Å²) in [4.78, 5) is 16.3. The number of fused-ring (bicyclic) bond motifs is 1. The average molecular weight is 403 g/mol. The van der Waals surface area contributed by atoms with Crippen molar-refractivity contribution in [1.29, 1.82) is 0 Å². The molecular weight excluding hydrogens is 385 g/mol. The lowest BCUT2D eigenvalue weighted by atomic mass is 10.0. The Kier molecular flexibility index (Phi) is 4.86. The van der Waals surface area contributed by atoms with E-state index in [1.165, 1.54) is 30.5 Å². The van der Waals surface area contributed by atoms with Crippen molar-refractivity contribution in [2.45, 2.75) is 30.8 Å². The van der Waals surface area contributed by atoms with Gasteiger partial charge in [-0.15, -0.1) is 0 Å². The van der Waals surface area contributed by atoms with E-state index in [4.69, 9.17) is 8.97 Å². The van der Waals surface area contributed by atoms with Crippen molar-refractivity contribution >= 4 is 33.8 Å². The molecule has 1 aliphatic carbocycles. The number of nitrogens with one attached hydrogen (secondary N) is 2. The SMILES string of the molecule is Cc1c([C@@H](NC(=O)Nc2ccc(S(=O)O)nc2)C2CC2)oc2ccc(F)cc12. The molecule has 2 amide bonds. The summed E-state index contributed by atoms with van der Waals surface area (Å²) < 4.78 is 39.4. The number of aryl methyl sites for hydroxylation is 1. The highest BCUT2D eigenvalue weighted by Gasteiger charge is 2.37. The minimum absolute atomic E-state index is 0.00643. The summed E-state index contributed by atoms with van der Waals surface area (Å²) in [5.74, 6) is 0.547. The van der Waals surface area contributed by atoms with Crippen molar-refractivity contribution in [3.63, 3.8) is 0 Å². The van der Waals surface area contributed by atoms with Gasteiger partial charge >= 0.3 is 6.03 Å². The highest BCUT2D eigenvalue weighted by molar-refractivity contribution is 7.79. The van der Waals surface area contributed by atoms with Gasteiger partial charge in [0.05, 0.1) is 17.9 Å². The maximum Gasteiger partial charge on any atom is 0.319 e. The molecule has 3 N–H and O–H groups in total. The number of halogens is 1. The number of rotatable bonds is 5. The van der Waals surface area contributed by atoms with Crippen LogP contribution in [0.1, 0.15) is 30.2 Å². The number of carbonyl (C=O) groups excluding carboxylic acids is 1. The van der Waals surface area contributed by atoms with Crippen molar-refractivity contribution < 1.29 is 22.4 Å². The van der Waals surface area contributed by atoms with Crippen LogP contribution in [0, 0.1) is 18.7 Å². The first kappa shape index (κ1) is 18.6. The second-order valence-corrected chi connectivity index (χ2v) is 7.70. The molecule has 4 rings (SSSR count). The lowest BCUT2D eigenvalue weighted by Gasteiger charge is -2.17. The number of carbonyl (C=O) groups is 1. The number of benzene rings is 1. The third kappa shape index (κ3) is 3.76. The number of amides is 2. The van der Waals surface area contributed by atoms with E-state index in [1.54, 1.807) is 6.07 Å². The normalized spacial score (nSPS) is 16.0. The van der Waals surface area contributed by atoms with E-state index in [1.807, 2.05) is 6.92 Å². The number of anilines is 1. The van der Waals surface area contributed by atoms with E-state index < -0.39 is 17.1 Å². The second kappa shape index (κ2) is 7.33. The molecule has 0 radical (unpaired) electrons. The van der Waals surface area contributed by atoms with E-state index in [9.17, 15) is 13.4 Å². The van der Waals surface area contributed by atoms with Gasteiger partial charge in [-0.05, 0) is 56.0 Å². The Morgan fingerprint density at radius 1 is 1.36 bits per heavy atom. The first-order chi connectivity index (χ1) is 13.4. The van der Waals surface area contributed by atoms with Crippen LogP contribution >= 0.6 is 0 Å². The van der Waals surface area contributed by atoms with Crippen LogP contribution in [0.2, 0.25) is 0 Å². The quantitative estimate of drug-likeness (QED) is 0.556. The Morgan fingerprint density at radius 3 is 2.79 bits per heavy atom. The number of aromatic nitrogens is 1. The van der Waals surface area contributed by atoms with Crippen LogP contribution in [-0.4, -0.2) is 19.8 Å². The highest BCUT2D eigenvalue weighted by atomic mass is 32.2. The molecular formula is C19H18FN3O4S. The summed E-state index contributed by atoms with van der Waals surface area (Å²) in [6.45, 7) is 1.85. The number of nitrogens with zero attached hydrogens (tertiary/aromatic N) is 1. The van der Waals surface area contributed by atoms with Gasteiger partial charge in [-0.1, -0.05) is 0 Å². The lowest BCUT2D eigenvalue weighted by molar-refractivity contribution is 0.244. The largest absolute Gasteiger partial charge is 0.459 e. The minimum atomic E-state index is -2.17. The first-order valence-corrected chi connectivity index (χ1v) is 9.86. The van der Waals surface area contributed by atoms with Crippen LogP contribution in [0.4, 0.5) is 14.9 Å². The van der Waals surface area contributed by atoms with Gasteiger partial charge in [0.25, 0.3) is 0 Å². The van der Waals surface area contributed by atoms with Gasteiger partial charge in [0.2, 0.25) is 11.1 Å². The first-order valence-electron chi connectivity index (χ1n) is 8.75. The molecule has 0 saturated heterocycles. The van der Waals surface area contributed by atoms with E-state index in [2.05, 4.69) is 15.6 Å². The maximum atomic E-state index is 13.6. The summed E-state index contributed by atoms with van der Waals surface area (Å²) in [6.07, 6.45) is 3.24. The average Bonchev–Trinajstić information content (AvgIpc) is 3.45. The number of hydrogen-bond donors (Lipinski definition) is 3. The van der Waals surface area contributed by atoms with Crippen molar-refractivity contribution in [3.05, 3.63) is 53.7 Å².